The highest BCUT2D eigenvalue weighted by Gasteiger charge is 2.27. The first kappa shape index (κ1) is 17.3. The quantitative estimate of drug-likeness (QED) is 0.767. The molecule has 2 heterocycles. The lowest BCUT2D eigenvalue weighted by atomic mass is 10.0. The van der Waals surface area contributed by atoms with Crippen LogP contribution in [0.4, 0.5) is 4.79 Å². The van der Waals surface area contributed by atoms with Crippen molar-refractivity contribution in [3.8, 4) is 5.88 Å². The van der Waals surface area contributed by atoms with Crippen LogP contribution in [-0.4, -0.2) is 35.1 Å². The van der Waals surface area contributed by atoms with Crippen LogP contribution in [0.5, 0.6) is 5.88 Å². The van der Waals surface area contributed by atoms with E-state index in [1.54, 1.807) is 0 Å². The maximum Gasteiger partial charge on any atom is 0.317 e. The molecule has 0 saturated carbocycles. The SMILES string of the molecule is Cc1cccc(O[C@H]2CCN(C(=O)NCc3cccc4ccccc34)C2)n1. The first-order valence-electron chi connectivity index (χ1n) is 9.29. The van der Waals surface area contributed by atoms with Crippen LogP contribution in [0, 0.1) is 6.92 Å². The van der Waals surface area contributed by atoms with Crippen LogP contribution in [-0.2, 0) is 6.54 Å². The molecule has 5 heteroatoms. The van der Waals surface area contributed by atoms with Crippen LogP contribution in [0.15, 0.2) is 60.7 Å². The van der Waals surface area contributed by atoms with E-state index in [0.717, 1.165) is 17.7 Å². The smallest absolute Gasteiger partial charge is 0.317 e. The Morgan fingerprint density at radius 2 is 1.96 bits per heavy atom. The number of pyridine rings is 1. The van der Waals surface area contributed by atoms with Gasteiger partial charge in [-0.2, -0.15) is 0 Å². The molecule has 1 atom stereocenters. The standard InChI is InChI=1S/C22H23N3O2/c1-16-6-4-11-21(24-16)27-19-12-13-25(15-19)22(26)23-14-18-9-5-8-17-7-2-3-10-20(17)18/h2-11,19H,12-15H2,1H3,(H,23,26)/t19-/m0/s1. The molecule has 0 radical (unpaired) electrons. The molecular formula is C22H23N3O2. The summed E-state index contributed by atoms with van der Waals surface area (Å²) in [5.41, 5.74) is 2.05. The number of nitrogens with one attached hydrogen (secondary N) is 1. The summed E-state index contributed by atoms with van der Waals surface area (Å²) in [5, 5.41) is 5.40. The van der Waals surface area contributed by atoms with Crippen molar-refractivity contribution in [2.75, 3.05) is 13.1 Å². The Bertz CT molecular complexity index is 952. The predicted molar refractivity (Wildman–Crippen MR) is 106 cm³/mol. The normalized spacial score (nSPS) is 16.5. The fourth-order valence-corrected chi connectivity index (χ4v) is 3.49. The molecule has 0 bridgehead atoms. The summed E-state index contributed by atoms with van der Waals surface area (Å²) in [6.07, 6.45) is 0.805. The summed E-state index contributed by atoms with van der Waals surface area (Å²) in [4.78, 5) is 18.7. The highest BCUT2D eigenvalue weighted by molar-refractivity contribution is 5.86. The zero-order chi connectivity index (χ0) is 18.6. The lowest BCUT2D eigenvalue weighted by Crippen LogP contribution is -2.39. The molecule has 5 nitrogen and oxygen atoms in total. The molecule has 1 aliphatic heterocycles. The predicted octanol–water partition coefficient (Wildman–Crippen LogP) is 3.91. The molecule has 1 N–H and O–H groups in total. The molecule has 0 aliphatic carbocycles. The Morgan fingerprint density at radius 1 is 1.15 bits per heavy atom. The minimum absolute atomic E-state index is 0.0115. The molecule has 138 valence electrons. The summed E-state index contributed by atoms with van der Waals surface area (Å²) >= 11 is 0. The van der Waals surface area contributed by atoms with E-state index in [4.69, 9.17) is 4.74 Å². The Kier molecular flexibility index (Phi) is 4.92. The van der Waals surface area contributed by atoms with Crippen LogP contribution in [0.1, 0.15) is 17.7 Å². The van der Waals surface area contributed by atoms with Crippen molar-refractivity contribution in [2.24, 2.45) is 0 Å². The first-order valence-corrected chi connectivity index (χ1v) is 9.29. The number of carbonyl (C=O) groups excluding carboxylic acids is 1. The van der Waals surface area contributed by atoms with Gasteiger partial charge >= 0.3 is 6.03 Å². The van der Waals surface area contributed by atoms with Crippen LogP contribution in [0.2, 0.25) is 0 Å². The third kappa shape index (κ3) is 4.03. The van der Waals surface area contributed by atoms with Crippen LogP contribution in [0.25, 0.3) is 10.8 Å². The molecule has 1 saturated heterocycles. The van der Waals surface area contributed by atoms with Crippen molar-refractivity contribution < 1.29 is 9.53 Å². The van der Waals surface area contributed by atoms with Crippen molar-refractivity contribution >= 4 is 16.8 Å². The number of benzene rings is 2. The highest BCUT2D eigenvalue weighted by Crippen LogP contribution is 2.19. The molecule has 0 unspecified atom stereocenters. The van der Waals surface area contributed by atoms with E-state index in [1.807, 2.05) is 48.2 Å². The first-order chi connectivity index (χ1) is 13.2. The van der Waals surface area contributed by atoms with Gasteiger partial charge in [-0.15, -0.1) is 0 Å². The topological polar surface area (TPSA) is 54.5 Å². The van der Waals surface area contributed by atoms with Gasteiger partial charge in [0.15, 0.2) is 0 Å². The minimum atomic E-state index is -0.0498. The van der Waals surface area contributed by atoms with Gasteiger partial charge in [0.1, 0.15) is 6.10 Å². The largest absolute Gasteiger partial charge is 0.472 e. The molecule has 4 rings (SSSR count). The van der Waals surface area contributed by atoms with Gasteiger partial charge < -0.3 is 15.0 Å². The van der Waals surface area contributed by atoms with Crippen molar-refractivity contribution in [3.05, 3.63) is 71.9 Å². The van der Waals surface area contributed by atoms with Crippen molar-refractivity contribution in [3.63, 3.8) is 0 Å². The van der Waals surface area contributed by atoms with Gasteiger partial charge in [-0.25, -0.2) is 9.78 Å². The second kappa shape index (κ2) is 7.66. The summed E-state index contributed by atoms with van der Waals surface area (Å²) in [7, 11) is 0. The third-order valence-corrected chi connectivity index (χ3v) is 4.89. The Morgan fingerprint density at radius 3 is 2.85 bits per heavy atom. The van der Waals surface area contributed by atoms with Gasteiger partial charge in [-0.3, -0.25) is 0 Å². The lowest BCUT2D eigenvalue weighted by Gasteiger charge is -2.18. The van der Waals surface area contributed by atoms with E-state index in [0.29, 0.717) is 25.5 Å². The molecule has 1 aliphatic rings. The van der Waals surface area contributed by atoms with Crippen LogP contribution < -0.4 is 10.1 Å². The summed E-state index contributed by atoms with van der Waals surface area (Å²) in [6.45, 7) is 3.73. The molecule has 27 heavy (non-hydrogen) atoms. The van der Waals surface area contributed by atoms with Gasteiger partial charge in [0.25, 0.3) is 0 Å². The van der Waals surface area contributed by atoms with Crippen molar-refractivity contribution in [1.82, 2.24) is 15.2 Å². The number of nitrogens with zero attached hydrogens (tertiary/aromatic N) is 2. The molecule has 3 aromatic rings. The van der Waals surface area contributed by atoms with Gasteiger partial charge in [-0.1, -0.05) is 48.5 Å². The third-order valence-electron chi connectivity index (χ3n) is 4.89. The number of carbonyl (C=O) groups is 1. The lowest BCUT2D eigenvalue weighted by molar-refractivity contribution is 0.183. The summed E-state index contributed by atoms with van der Waals surface area (Å²) in [6, 6.07) is 20.1. The second-order valence-electron chi connectivity index (χ2n) is 6.89. The number of hydrogen-bond donors (Lipinski definition) is 1. The second-order valence-corrected chi connectivity index (χ2v) is 6.89. The van der Waals surface area contributed by atoms with E-state index in [1.165, 1.54) is 10.8 Å². The number of likely N-dealkylation sites (tertiary alicyclic amines) is 1. The summed E-state index contributed by atoms with van der Waals surface area (Å²) < 4.78 is 5.92. The van der Waals surface area contributed by atoms with Crippen molar-refractivity contribution in [2.45, 2.75) is 26.0 Å². The zero-order valence-electron chi connectivity index (χ0n) is 15.4. The number of fused-ring (bicyclic) bond motifs is 1. The Hall–Kier alpha value is -3.08. The molecule has 1 fully saturated rings. The number of rotatable bonds is 4. The fourth-order valence-electron chi connectivity index (χ4n) is 3.49. The zero-order valence-corrected chi connectivity index (χ0v) is 15.4. The Labute approximate surface area is 159 Å². The van der Waals surface area contributed by atoms with E-state index in [-0.39, 0.29) is 12.1 Å². The van der Waals surface area contributed by atoms with Gasteiger partial charge in [0, 0.05) is 31.3 Å². The molecule has 0 spiro atoms. The molecule has 2 aromatic carbocycles. The fraction of sp³-hybridized carbons (Fsp3) is 0.273. The minimum Gasteiger partial charge on any atom is -0.472 e. The van der Waals surface area contributed by atoms with Gasteiger partial charge in [-0.05, 0) is 29.3 Å². The summed E-state index contributed by atoms with van der Waals surface area (Å²) in [5.74, 6) is 0.623. The van der Waals surface area contributed by atoms with Crippen molar-refractivity contribution in [1.29, 1.82) is 0 Å². The maximum absolute atomic E-state index is 12.6. The highest BCUT2D eigenvalue weighted by atomic mass is 16.5. The van der Waals surface area contributed by atoms with E-state index in [2.05, 4.69) is 34.6 Å². The monoisotopic (exact) mass is 361 g/mol. The maximum atomic E-state index is 12.6. The molecule has 1 aromatic heterocycles. The van der Waals surface area contributed by atoms with Gasteiger partial charge in [0.05, 0.1) is 6.54 Å². The number of amides is 2. The number of aryl methyl sites for hydroxylation is 1. The number of ether oxygens (including phenoxy) is 1. The molecule has 2 amide bonds. The van der Waals surface area contributed by atoms with Crippen LogP contribution in [0.3, 0.4) is 0 Å². The number of urea groups is 1. The molecular weight excluding hydrogens is 338 g/mol. The Balaban J connectivity index is 1.34. The van der Waals surface area contributed by atoms with Gasteiger partial charge in [0.2, 0.25) is 5.88 Å². The average Bonchev–Trinajstić information content (AvgIpc) is 3.14. The average molecular weight is 361 g/mol. The van der Waals surface area contributed by atoms with E-state index in [9.17, 15) is 4.79 Å². The van der Waals surface area contributed by atoms with E-state index < -0.39 is 0 Å². The number of aromatic nitrogens is 1. The van der Waals surface area contributed by atoms with Crippen LogP contribution >= 0.6 is 0 Å². The van der Waals surface area contributed by atoms with E-state index >= 15 is 0 Å². The number of hydrogen-bond acceptors (Lipinski definition) is 3.